The van der Waals surface area contributed by atoms with Crippen LogP contribution in [0.5, 0.6) is 0 Å². The highest BCUT2D eigenvalue weighted by Gasteiger charge is 2.22. The van der Waals surface area contributed by atoms with E-state index in [1.165, 1.54) is 29.3 Å². The first-order valence-corrected chi connectivity index (χ1v) is 6.38. The van der Waals surface area contributed by atoms with Crippen LogP contribution in [-0.4, -0.2) is 18.1 Å². The third-order valence-corrected chi connectivity index (χ3v) is 3.84. The van der Waals surface area contributed by atoms with Gasteiger partial charge in [-0.1, -0.05) is 18.2 Å². The van der Waals surface area contributed by atoms with Crippen molar-refractivity contribution in [1.82, 2.24) is 10.3 Å². The molecule has 3 rings (SSSR count). The van der Waals surface area contributed by atoms with Gasteiger partial charge in [0.2, 0.25) is 0 Å². The lowest BCUT2D eigenvalue weighted by molar-refractivity contribution is 0.321. The molecule has 0 radical (unpaired) electrons. The second-order valence-corrected chi connectivity index (χ2v) is 4.93. The van der Waals surface area contributed by atoms with E-state index < -0.39 is 0 Å². The molecule has 1 aliphatic heterocycles. The van der Waals surface area contributed by atoms with Crippen molar-refractivity contribution in [1.29, 1.82) is 0 Å². The minimum atomic E-state index is 0.472. The van der Waals surface area contributed by atoms with Gasteiger partial charge in [0.25, 0.3) is 0 Å². The molecule has 2 aromatic rings. The molecule has 0 spiro atoms. The number of para-hydroxylation sites is 1. The van der Waals surface area contributed by atoms with Crippen molar-refractivity contribution in [2.45, 2.75) is 18.9 Å². The summed E-state index contributed by atoms with van der Waals surface area (Å²) in [4.78, 5) is 3.35. The Hall–Kier alpha value is -1.32. The van der Waals surface area contributed by atoms with E-state index in [-0.39, 0.29) is 0 Å². The smallest absolute Gasteiger partial charge is 0.0502 e. The molecule has 3 nitrogen and oxygen atoms in total. The van der Waals surface area contributed by atoms with Crippen LogP contribution in [0, 0.1) is 5.92 Å². The van der Waals surface area contributed by atoms with Gasteiger partial charge in [-0.3, -0.25) is 0 Å². The van der Waals surface area contributed by atoms with Crippen molar-refractivity contribution >= 4 is 10.9 Å². The van der Waals surface area contributed by atoms with E-state index in [9.17, 15) is 0 Å². The maximum atomic E-state index is 5.72. The SMILES string of the molecule is NCC1CCC(c2cccc3cc[nH]c23)NC1. The summed E-state index contributed by atoms with van der Waals surface area (Å²) in [6, 6.07) is 9.12. The summed E-state index contributed by atoms with van der Waals surface area (Å²) in [7, 11) is 0. The maximum Gasteiger partial charge on any atom is 0.0502 e. The third-order valence-electron chi connectivity index (χ3n) is 3.84. The molecule has 1 aliphatic rings. The predicted molar refractivity (Wildman–Crippen MR) is 70.8 cm³/mol. The molecule has 4 N–H and O–H groups in total. The summed E-state index contributed by atoms with van der Waals surface area (Å²) in [5.74, 6) is 0.647. The largest absolute Gasteiger partial charge is 0.361 e. The molecule has 2 heterocycles. The Morgan fingerprint density at radius 1 is 1.24 bits per heavy atom. The molecule has 1 fully saturated rings. The Kier molecular flexibility index (Phi) is 2.87. The molecule has 3 heteroatoms. The van der Waals surface area contributed by atoms with Crippen LogP contribution in [-0.2, 0) is 0 Å². The van der Waals surface area contributed by atoms with Gasteiger partial charge < -0.3 is 16.0 Å². The molecule has 1 saturated heterocycles. The van der Waals surface area contributed by atoms with E-state index >= 15 is 0 Å². The fourth-order valence-corrected chi connectivity index (χ4v) is 2.78. The number of aromatic amines is 1. The lowest BCUT2D eigenvalue weighted by Gasteiger charge is -2.29. The van der Waals surface area contributed by atoms with Crippen molar-refractivity contribution in [2.75, 3.05) is 13.1 Å². The molecule has 17 heavy (non-hydrogen) atoms. The maximum absolute atomic E-state index is 5.72. The zero-order valence-electron chi connectivity index (χ0n) is 9.95. The Morgan fingerprint density at radius 3 is 2.94 bits per heavy atom. The molecule has 0 amide bonds. The predicted octanol–water partition coefficient (Wildman–Crippen LogP) is 2.17. The Balaban J connectivity index is 1.87. The summed E-state index contributed by atoms with van der Waals surface area (Å²) in [5.41, 5.74) is 8.38. The number of H-pyrrole nitrogens is 1. The molecule has 0 saturated carbocycles. The van der Waals surface area contributed by atoms with Crippen molar-refractivity contribution < 1.29 is 0 Å². The first kappa shape index (κ1) is 10.8. The van der Waals surface area contributed by atoms with Crippen LogP contribution in [0.3, 0.4) is 0 Å². The average molecular weight is 229 g/mol. The van der Waals surface area contributed by atoms with E-state index in [2.05, 4.69) is 34.6 Å². The van der Waals surface area contributed by atoms with E-state index in [4.69, 9.17) is 5.73 Å². The minimum absolute atomic E-state index is 0.472. The number of piperidine rings is 1. The Morgan fingerprint density at radius 2 is 2.18 bits per heavy atom. The number of rotatable bonds is 2. The summed E-state index contributed by atoms with van der Waals surface area (Å²) in [5, 5.41) is 4.91. The molecule has 0 aliphatic carbocycles. The zero-order valence-corrected chi connectivity index (χ0v) is 9.95. The van der Waals surface area contributed by atoms with Gasteiger partial charge >= 0.3 is 0 Å². The first-order valence-electron chi connectivity index (χ1n) is 6.38. The van der Waals surface area contributed by atoms with Gasteiger partial charge in [-0.05, 0) is 48.9 Å². The Labute approximate surface area is 101 Å². The number of nitrogens with one attached hydrogen (secondary N) is 2. The number of hydrogen-bond donors (Lipinski definition) is 3. The molecule has 2 atom stereocenters. The van der Waals surface area contributed by atoms with Gasteiger partial charge in [-0.2, -0.15) is 0 Å². The quantitative estimate of drug-likeness (QED) is 0.739. The van der Waals surface area contributed by atoms with Gasteiger partial charge in [0.05, 0.1) is 5.52 Å². The zero-order chi connectivity index (χ0) is 11.7. The average Bonchev–Trinajstić information content (AvgIpc) is 2.87. The van der Waals surface area contributed by atoms with Gasteiger partial charge in [0.15, 0.2) is 0 Å². The number of benzene rings is 1. The third kappa shape index (κ3) is 1.96. The van der Waals surface area contributed by atoms with Crippen LogP contribution in [0.2, 0.25) is 0 Å². The minimum Gasteiger partial charge on any atom is -0.361 e. The van der Waals surface area contributed by atoms with Crippen molar-refractivity contribution in [3.63, 3.8) is 0 Å². The van der Waals surface area contributed by atoms with Crippen LogP contribution in [0.4, 0.5) is 0 Å². The van der Waals surface area contributed by atoms with E-state index in [0.717, 1.165) is 13.1 Å². The van der Waals surface area contributed by atoms with Crippen LogP contribution < -0.4 is 11.1 Å². The van der Waals surface area contributed by atoms with Crippen LogP contribution in [0.1, 0.15) is 24.4 Å². The highest BCUT2D eigenvalue weighted by Crippen LogP contribution is 2.29. The summed E-state index contributed by atoms with van der Waals surface area (Å²) in [6.07, 6.45) is 4.42. The number of hydrogen-bond acceptors (Lipinski definition) is 2. The van der Waals surface area contributed by atoms with E-state index in [1.54, 1.807) is 0 Å². The highest BCUT2D eigenvalue weighted by molar-refractivity contribution is 5.82. The second-order valence-electron chi connectivity index (χ2n) is 4.93. The topological polar surface area (TPSA) is 53.8 Å². The van der Waals surface area contributed by atoms with Gasteiger partial charge in [0, 0.05) is 12.2 Å². The van der Waals surface area contributed by atoms with Gasteiger partial charge in [-0.15, -0.1) is 0 Å². The van der Waals surface area contributed by atoms with Gasteiger partial charge in [-0.25, -0.2) is 0 Å². The van der Waals surface area contributed by atoms with E-state index in [1.807, 2.05) is 6.20 Å². The lowest BCUT2D eigenvalue weighted by atomic mass is 9.90. The fourth-order valence-electron chi connectivity index (χ4n) is 2.78. The van der Waals surface area contributed by atoms with Crippen LogP contribution >= 0.6 is 0 Å². The van der Waals surface area contributed by atoms with Gasteiger partial charge in [0.1, 0.15) is 0 Å². The summed E-state index contributed by atoms with van der Waals surface area (Å²) >= 11 is 0. The number of aromatic nitrogens is 1. The molecule has 0 bridgehead atoms. The number of fused-ring (bicyclic) bond motifs is 1. The van der Waals surface area contributed by atoms with E-state index in [0.29, 0.717) is 12.0 Å². The Bertz CT molecular complexity index is 495. The standard InChI is InChI=1S/C14H19N3/c15-8-10-4-5-13(17-9-10)12-3-1-2-11-6-7-16-14(11)12/h1-3,6-7,10,13,16-17H,4-5,8-9,15H2. The van der Waals surface area contributed by atoms with Crippen LogP contribution in [0.25, 0.3) is 10.9 Å². The van der Waals surface area contributed by atoms with Crippen molar-refractivity contribution in [3.05, 3.63) is 36.0 Å². The van der Waals surface area contributed by atoms with Crippen molar-refractivity contribution in [2.24, 2.45) is 11.7 Å². The summed E-state index contributed by atoms with van der Waals surface area (Å²) in [6.45, 7) is 1.84. The number of nitrogens with two attached hydrogens (primary N) is 1. The van der Waals surface area contributed by atoms with Crippen LogP contribution in [0.15, 0.2) is 30.5 Å². The molecule has 2 unspecified atom stereocenters. The second kappa shape index (κ2) is 4.51. The summed E-state index contributed by atoms with van der Waals surface area (Å²) < 4.78 is 0. The highest BCUT2D eigenvalue weighted by atomic mass is 14.9. The first-order chi connectivity index (χ1) is 8.38. The lowest BCUT2D eigenvalue weighted by Crippen LogP contribution is -2.36. The molecule has 90 valence electrons. The molecular formula is C14H19N3. The molecular weight excluding hydrogens is 210 g/mol. The monoisotopic (exact) mass is 229 g/mol. The van der Waals surface area contributed by atoms with Crippen molar-refractivity contribution in [3.8, 4) is 0 Å². The molecule has 1 aromatic heterocycles. The normalized spacial score (nSPS) is 25.2. The molecule has 1 aromatic carbocycles. The fraction of sp³-hybridized carbons (Fsp3) is 0.429.